The molecule has 0 spiro atoms. The molecule has 1 aromatic heterocycles. The zero-order valence-electron chi connectivity index (χ0n) is 17.0. The first-order valence-corrected chi connectivity index (χ1v) is 9.78. The summed E-state index contributed by atoms with van der Waals surface area (Å²) in [4.78, 5) is 32.3. The quantitative estimate of drug-likeness (QED) is 0.747. The molecule has 6 heteroatoms. The van der Waals surface area contributed by atoms with Gasteiger partial charge in [0.15, 0.2) is 5.78 Å². The molecule has 1 fully saturated rings. The number of amides is 1. The number of methoxy groups -OCH3 is 1. The van der Waals surface area contributed by atoms with Crippen LogP contribution in [0.3, 0.4) is 0 Å². The Morgan fingerprint density at radius 3 is 2.32 bits per heavy atom. The van der Waals surface area contributed by atoms with Gasteiger partial charge in [0.2, 0.25) is 5.91 Å². The number of H-pyrrole nitrogens is 1. The number of hydrogen-bond acceptors (Lipinski definition) is 4. The highest BCUT2D eigenvalue weighted by Crippen LogP contribution is 2.15. The molecule has 0 unspecified atom stereocenters. The first kappa shape index (κ1) is 20.1. The molecular formula is C22H29N3O3. The molecule has 1 saturated heterocycles. The number of piperazine rings is 1. The van der Waals surface area contributed by atoms with E-state index in [4.69, 9.17) is 4.74 Å². The Hall–Kier alpha value is -2.60. The molecule has 28 heavy (non-hydrogen) atoms. The van der Waals surface area contributed by atoms with E-state index >= 15 is 0 Å². The van der Waals surface area contributed by atoms with Crippen molar-refractivity contribution < 1.29 is 14.3 Å². The molecular weight excluding hydrogens is 354 g/mol. The Morgan fingerprint density at radius 1 is 1.07 bits per heavy atom. The third-order valence-corrected chi connectivity index (χ3v) is 5.33. The van der Waals surface area contributed by atoms with E-state index in [-0.39, 0.29) is 11.7 Å². The van der Waals surface area contributed by atoms with E-state index in [0.29, 0.717) is 26.1 Å². The second-order valence-corrected chi connectivity index (χ2v) is 7.42. The highest BCUT2D eigenvalue weighted by Gasteiger charge is 2.23. The highest BCUT2D eigenvalue weighted by atomic mass is 16.5. The summed E-state index contributed by atoms with van der Waals surface area (Å²) in [6.07, 6.45) is 1.24. The summed E-state index contributed by atoms with van der Waals surface area (Å²) in [6, 6.07) is 9.75. The van der Waals surface area contributed by atoms with Gasteiger partial charge in [-0.2, -0.15) is 0 Å². The van der Waals surface area contributed by atoms with Crippen LogP contribution in [0.4, 0.5) is 0 Å². The lowest BCUT2D eigenvalue weighted by Gasteiger charge is -2.34. The van der Waals surface area contributed by atoms with Crippen LogP contribution in [0.15, 0.2) is 30.3 Å². The number of ketones is 1. The van der Waals surface area contributed by atoms with Crippen molar-refractivity contribution in [1.82, 2.24) is 14.8 Å². The number of ether oxygens (including phenoxy) is 1. The van der Waals surface area contributed by atoms with E-state index in [9.17, 15) is 9.59 Å². The van der Waals surface area contributed by atoms with Crippen LogP contribution in [0.1, 0.15) is 33.7 Å². The first-order valence-electron chi connectivity index (χ1n) is 9.78. The number of benzene rings is 1. The molecule has 6 nitrogen and oxygen atoms in total. The molecule has 0 radical (unpaired) electrons. The van der Waals surface area contributed by atoms with Crippen molar-refractivity contribution in [2.45, 2.75) is 26.7 Å². The highest BCUT2D eigenvalue weighted by molar-refractivity contribution is 5.98. The average Bonchev–Trinajstić information content (AvgIpc) is 3.05. The van der Waals surface area contributed by atoms with Crippen LogP contribution in [0, 0.1) is 13.8 Å². The summed E-state index contributed by atoms with van der Waals surface area (Å²) < 4.78 is 5.16. The molecule has 0 atom stereocenters. The number of rotatable bonds is 7. The van der Waals surface area contributed by atoms with E-state index < -0.39 is 0 Å². The van der Waals surface area contributed by atoms with Crippen molar-refractivity contribution in [3.05, 3.63) is 52.8 Å². The lowest BCUT2D eigenvalue weighted by Crippen LogP contribution is -2.50. The number of Topliss-reactive ketones (excluding diaryl/α,β-unsaturated/α-hetero) is 1. The zero-order chi connectivity index (χ0) is 20.1. The largest absolute Gasteiger partial charge is 0.497 e. The van der Waals surface area contributed by atoms with Crippen molar-refractivity contribution in [3.8, 4) is 5.75 Å². The Bertz CT molecular complexity index is 818. The van der Waals surface area contributed by atoms with Crippen molar-refractivity contribution in [1.29, 1.82) is 0 Å². The molecule has 1 aromatic carbocycles. The van der Waals surface area contributed by atoms with Gasteiger partial charge in [0.05, 0.1) is 13.7 Å². The minimum Gasteiger partial charge on any atom is -0.497 e. The molecule has 1 aliphatic heterocycles. The standard InChI is InChI=1S/C22H29N3O3/c1-16-14-20(17(2)23-16)21(26)15-24-10-12-25(13-11-24)22(27)9-6-18-4-7-19(28-3)8-5-18/h4-5,7-8,14,23H,6,9-13,15H2,1-3H3. The number of aromatic amines is 1. The monoisotopic (exact) mass is 383 g/mol. The number of carbonyl (C=O) groups excluding carboxylic acids is 2. The summed E-state index contributed by atoms with van der Waals surface area (Å²) in [5, 5.41) is 0. The second-order valence-electron chi connectivity index (χ2n) is 7.42. The number of aryl methyl sites for hydroxylation is 3. The Morgan fingerprint density at radius 2 is 1.75 bits per heavy atom. The van der Waals surface area contributed by atoms with Gasteiger partial charge in [0.1, 0.15) is 5.75 Å². The van der Waals surface area contributed by atoms with Gasteiger partial charge >= 0.3 is 0 Å². The topological polar surface area (TPSA) is 65.6 Å². The summed E-state index contributed by atoms with van der Waals surface area (Å²) in [7, 11) is 1.65. The molecule has 3 rings (SSSR count). The third-order valence-electron chi connectivity index (χ3n) is 5.33. The van der Waals surface area contributed by atoms with Gasteiger partial charge in [-0.15, -0.1) is 0 Å². The third kappa shape index (κ3) is 5.01. The molecule has 0 aliphatic carbocycles. The van der Waals surface area contributed by atoms with Crippen LogP contribution in [0.2, 0.25) is 0 Å². The maximum Gasteiger partial charge on any atom is 0.222 e. The molecule has 2 heterocycles. The Balaban J connectivity index is 1.43. The molecule has 0 saturated carbocycles. The summed E-state index contributed by atoms with van der Waals surface area (Å²) in [5.41, 5.74) is 3.84. The van der Waals surface area contributed by atoms with Gasteiger partial charge in [-0.05, 0) is 44.0 Å². The number of hydrogen-bond donors (Lipinski definition) is 1. The maximum atomic E-state index is 12.5. The number of aromatic nitrogens is 1. The van der Waals surface area contributed by atoms with E-state index in [1.165, 1.54) is 0 Å². The molecule has 2 aromatic rings. The number of nitrogens with zero attached hydrogens (tertiary/aromatic N) is 2. The first-order chi connectivity index (χ1) is 13.5. The molecule has 1 N–H and O–H groups in total. The Labute approximate surface area is 166 Å². The lowest BCUT2D eigenvalue weighted by atomic mass is 10.1. The van der Waals surface area contributed by atoms with E-state index in [2.05, 4.69) is 9.88 Å². The molecule has 0 bridgehead atoms. The smallest absolute Gasteiger partial charge is 0.222 e. The predicted molar refractivity (Wildman–Crippen MR) is 109 cm³/mol. The van der Waals surface area contributed by atoms with Crippen LogP contribution in [-0.4, -0.2) is 66.3 Å². The van der Waals surface area contributed by atoms with Crippen LogP contribution < -0.4 is 4.74 Å². The fraction of sp³-hybridized carbons (Fsp3) is 0.455. The van der Waals surface area contributed by atoms with E-state index in [0.717, 1.165) is 47.8 Å². The van der Waals surface area contributed by atoms with E-state index in [1.807, 2.05) is 49.1 Å². The van der Waals surface area contributed by atoms with Crippen molar-refractivity contribution >= 4 is 11.7 Å². The maximum absolute atomic E-state index is 12.5. The molecule has 150 valence electrons. The minimum absolute atomic E-state index is 0.140. The molecule has 1 aliphatic rings. The number of carbonyl (C=O) groups is 2. The summed E-state index contributed by atoms with van der Waals surface area (Å²) in [5.74, 6) is 1.14. The normalized spacial score (nSPS) is 14.9. The van der Waals surface area contributed by atoms with Crippen molar-refractivity contribution in [3.63, 3.8) is 0 Å². The van der Waals surface area contributed by atoms with Crippen LogP contribution >= 0.6 is 0 Å². The minimum atomic E-state index is 0.140. The van der Waals surface area contributed by atoms with E-state index in [1.54, 1.807) is 7.11 Å². The fourth-order valence-electron chi connectivity index (χ4n) is 3.66. The number of nitrogens with one attached hydrogen (secondary N) is 1. The van der Waals surface area contributed by atoms with Crippen LogP contribution in [-0.2, 0) is 11.2 Å². The van der Waals surface area contributed by atoms with Crippen LogP contribution in [0.5, 0.6) is 5.75 Å². The van der Waals surface area contributed by atoms with Gasteiger partial charge in [-0.3, -0.25) is 14.5 Å². The average molecular weight is 383 g/mol. The lowest BCUT2D eigenvalue weighted by molar-refractivity contribution is -0.132. The van der Waals surface area contributed by atoms with Crippen LogP contribution in [0.25, 0.3) is 0 Å². The predicted octanol–water partition coefficient (Wildman–Crippen LogP) is 2.60. The zero-order valence-corrected chi connectivity index (χ0v) is 17.0. The van der Waals surface area contributed by atoms with Gasteiger partial charge in [0.25, 0.3) is 0 Å². The SMILES string of the molecule is COc1ccc(CCC(=O)N2CCN(CC(=O)c3cc(C)[nH]c3C)CC2)cc1. The van der Waals surface area contributed by atoms with Gasteiger partial charge in [-0.1, -0.05) is 12.1 Å². The summed E-state index contributed by atoms with van der Waals surface area (Å²) >= 11 is 0. The van der Waals surface area contributed by atoms with Gasteiger partial charge < -0.3 is 14.6 Å². The Kier molecular flexibility index (Phi) is 6.52. The molecule has 1 amide bonds. The van der Waals surface area contributed by atoms with Crippen molar-refractivity contribution in [2.24, 2.45) is 0 Å². The van der Waals surface area contributed by atoms with Gasteiger partial charge in [-0.25, -0.2) is 0 Å². The summed E-state index contributed by atoms with van der Waals surface area (Å²) in [6.45, 7) is 7.14. The fourth-order valence-corrected chi connectivity index (χ4v) is 3.66. The second kappa shape index (κ2) is 9.06. The van der Waals surface area contributed by atoms with Crippen molar-refractivity contribution in [2.75, 3.05) is 39.8 Å². The van der Waals surface area contributed by atoms with Gasteiger partial charge in [0, 0.05) is 49.6 Å².